The van der Waals surface area contributed by atoms with Gasteiger partial charge in [-0.3, -0.25) is 14.5 Å². The van der Waals surface area contributed by atoms with Crippen molar-refractivity contribution < 1.29 is 14.7 Å². The number of carboxylic acid groups (broad SMARTS) is 1. The number of amides is 1. The summed E-state index contributed by atoms with van der Waals surface area (Å²) >= 11 is 0. The van der Waals surface area contributed by atoms with Gasteiger partial charge < -0.3 is 10.4 Å². The molecule has 0 heterocycles. The summed E-state index contributed by atoms with van der Waals surface area (Å²) in [4.78, 5) is 25.2. The van der Waals surface area contributed by atoms with Crippen LogP contribution in [0.1, 0.15) is 24.1 Å². The van der Waals surface area contributed by atoms with Crippen molar-refractivity contribution in [1.82, 2.24) is 10.2 Å². The van der Waals surface area contributed by atoms with E-state index in [0.29, 0.717) is 13.0 Å². The number of hydrogen-bond acceptors (Lipinski definition) is 3. The van der Waals surface area contributed by atoms with Crippen LogP contribution in [-0.4, -0.2) is 42.0 Å². The number of nitrogens with zero attached hydrogens (tertiary/aromatic N) is 1. The standard InChI is InChI=1S/C21H26N2O3/c1-16(21(25)26)14-23(2)15-20(24)22-19(18-11-7-4-8-12-18)13-17-9-5-3-6-10-17/h3-12,16,19H,13-15H2,1-2H3,(H,22,24)(H,25,26). The predicted molar refractivity (Wildman–Crippen MR) is 102 cm³/mol. The quantitative estimate of drug-likeness (QED) is 0.726. The predicted octanol–water partition coefficient (Wildman–Crippen LogP) is 2.74. The Hall–Kier alpha value is -2.66. The van der Waals surface area contributed by atoms with Crippen molar-refractivity contribution in [2.45, 2.75) is 19.4 Å². The Morgan fingerprint density at radius 1 is 1.04 bits per heavy atom. The molecule has 5 heteroatoms. The summed E-state index contributed by atoms with van der Waals surface area (Å²) in [5.74, 6) is -1.49. The molecule has 26 heavy (non-hydrogen) atoms. The second-order valence-electron chi connectivity index (χ2n) is 6.66. The van der Waals surface area contributed by atoms with Crippen molar-refractivity contribution in [1.29, 1.82) is 0 Å². The lowest BCUT2D eigenvalue weighted by molar-refractivity contribution is -0.142. The van der Waals surface area contributed by atoms with Crippen LogP contribution >= 0.6 is 0 Å². The molecular formula is C21H26N2O3. The van der Waals surface area contributed by atoms with E-state index in [1.54, 1.807) is 18.9 Å². The van der Waals surface area contributed by atoms with Crippen LogP contribution in [0.25, 0.3) is 0 Å². The van der Waals surface area contributed by atoms with Gasteiger partial charge in [0.05, 0.1) is 18.5 Å². The number of aliphatic carboxylic acids is 1. The summed E-state index contributed by atoms with van der Waals surface area (Å²) in [6.07, 6.45) is 0.700. The van der Waals surface area contributed by atoms with Crippen molar-refractivity contribution in [3.63, 3.8) is 0 Å². The maximum absolute atomic E-state index is 12.5. The molecule has 0 bridgehead atoms. The first-order valence-corrected chi connectivity index (χ1v) is 8.75. The fraction of sp³-hybridized carbons (Fsp3) is 0.333. The molecule has 2 atom stereocenters. The van der Waals surface area contributed by atoms with Gasteiger partial charge in [0.2, 0.25) is 5.91 Å². The van der Waals surface area contributed by atoms with Crippen LogP contribution in [0.4, 0.5) is 0 Å². The molecule has 2 aromatic carbocycles. The van der Waals surface area contributed by atoms with Gasteiger partial charge >= 0.3 is 5.97 Å². The number of hydrogen-bond donors (Lipinski definition) is 2. The van der Waals surface area contributed by atoms with E-state index in [2.05, 4.69) is 5.32 Å². The van der Waals surface area contributed by atoms with Crippen LogP contribution in [0.3, 0.4) is 0 Å². The van der Waals surface area contributed by atoms with Gasteiger partial charge in [-0.1, -0.05) is 67.6 Å². The first-order chi connectivity index (χ1) is 12.5. The molecule has 0 fully saturated rings. The fourth-order valence-corrected chi connectivity index (χ4v) is 2.88. The first kappa shape index (κ1) is 19.7. The summed E-state index contributed by atoms with van der Waals surface area (Å²) in [6.45, 7) is 2.13. The molecule has 0 aliphatic heterocycles. The van der Waals surface area contributed by atoms with Crippen LogP contribution in [-0.2, 0) is 16.0 Å². The molecule has 0 radical (unpaired) electrons. The minimum atomic E-state index is -0.858. The van der Waals surface area contributed by atoms with Crippen LogP contribution in [0.5, 0.6) is 0 Å². The first-order valence-electron chi connectivity index (χ1n) is 8.75. The minimum Gasteiger partial charge on any atom is -0.481 e. The van der Waals surface area contributed by atoms with E-state index in [0.717, 1.165) is 11.1 Å². The van der Waals surface area contributed by atoms with Gasteiger partial charge in [0, 0.05) is 6.54 Å². The van der Waals surface area contributed by atoms with Gasteiger partial charge in [-0.05, 0) is 24.6 Å². The number of carboxylic acids is 1. The Morgan fingerprint density at radius 3 is 2.19 bits per heavy atom. The van der Waals surface area contributed by atoms with Gasteiger partial charge in [-0.2, -0.15) is 0 Å². The van der Waals surface area contributed by atoms with Gasteiger partial charge in [0.25, 0.3) is 0 Å². The Kier molecular flexibility index (Phi) is 7.36. The third-order valence-electron chi connectivity index (χ3n) is 4.24. The summed E-state index contributed by atoms with van der Waals surface area (Å²) in [6, 6.07) is 19.8. The number of nitrogens with one attached hydrogen (secondary N) is 1. The Morgan fingerprint density at radius 2 is 1.62 bits per heavy atom. The number of likely N-dealkylation sites (N-methyl/N-ethyl adjacent to an activating group) is 1. The Balaban J connectivity index is 2.02. The molecule has 0 aromatic heterocycles. The van der Waals surface area contributed by atoms with Gasteiger partial charge in [-0.25, -0.2) is 0 Å². The van der Waals surface area contributed by atoms with E-state index >= 15 is 0 Å². The zero-order valence-electron chi connectivity index (χ0n) is 15.3. The van der Waals surface area contributed by atoms with E-state index in [1.165, 1.54) is 0 Å². The molecule has 2 unspecified atom stereocenters. The molecule has 2 N–H and O–H groups in total. The Bertz CT molecular complexity index is 704. The zero-order valence-corrected chi connectivity index (χ0v) is 15.3. The Labute approximate surface area is 154 Å². The largest absolute Gasteiger partial charge is 0.481 e. The van der Waals surface area contributed by atoms with Crippen LogP contribution < -0.4 is 5.32 Å². The fourth-order valence-electron chi connectivity index (χ4n) is 2.88. The van der Waals surface area contributed by atoms with E-state index in [-0.39, 0.29) is 18.5 Å². The van der Waals surface area contributed by atoms with Crippen molar-refractivity contribution in [2.75, 3.05) is 20.1 Å². The molecule has 5 nitrogen and oxygen atoms in total. The smallest absolute Gasteiger partial charge is 0.307 e. The molecule has 0 aliphatic rings. The molecule has 0 saturated carbocycles. The van der Waals surface area contributed by atoms with Gasteiger partial charge in [0.1, 0.15) is 0 Å². The second kappa shape index (κ2) is 9.73. The monoisotopic (exact) mass is 354 g/mol. The van der Waals surface area contributed by atoms with Crippen LogP contribution in [0, 0.1) is 5.92 Å². The molecular weight excluding hydrogens is 328 g/mol. The normalized spacial score (nSPS) is 13.2. The number of carbonyl (C=O) groups excluding carboxylic acids is 1. The third kappa shape index (κ3) is 6.33. The van der Waals surface area contributed by atoms with Crippen LogP contribution in [0.15, 0.2) is 60.7 Å². The minimum absolute atomic E-state index is 0.116. The average molecular weight is 354 g/mol. The summed E-state index contributed by atoms with van der Waals surface area (Å²) in [5.41, 5.74) is 2.20. The van der Waals surface area contributed by atoms with Gasteiger partial charge in [-0.15, -0.1) is 0 Å². The maximum atomic E-state index is 12.5. The van der Waals surface area contributed by atoms with Crippen LogP contribution in [0.2, 0.25) is 0 Å². The molecule has 2 rings (SSSR count). The van der Waals surface area contributed by atoms with Crippen molar-refractivity contribution >= 4 is 11.9 Å². The van der Waals surface area contributed by atoms with Gasteiger partial charge in [0.15, 0.2) is 0 Å². The summed E-state index contributed by atoms with van der Waals surface area (Å²) in [7, 11) is 1.76. The highest BCUT2D eigenvalue weighted by atomic mass is 16.4. The molecule has 2 aromatic rings. The second-order valence-corrected chi connectivity index (χ2v) is 6.66. The van der Waals surface area contributed by atoms with Crippen molar-refractivity contribution in [2.24, 2.45) is 5.92 Å². The average Bonchev–Trinajstić information content (AvgIpc) is 2.62. The maximum Gasteiger partial charge on any atom is 0.307 e. The molecule has 0 spiro atoms. The highest BCUT2D eigenvalue weighted by Gasteiger charge is 2.18. The van der Waals surface area contributed by atoms with E-state index in [4.69, 9.17) is 5.11 Å². The van der Waals surface area contributed by atoms with E-state index < -0.39 is 11.9 Å². The zero-order chi connectivity index (χ0) is 18.9. The summed E-state index contributed by atoms with van der Waals surface area (Å²) < 4.78 is 0. The van der Waals surface area contributed by atoms with E-state index in [9.17, 15) is 9.59 Å². The third-order valence-corrected chi connectivity index (χ3v) is 4.24. The highest BCUT2D eigenvalue weighted by Crippen LogP contribution is 2.18. The van der Waals surface area contributed by atoms with E-state index in [1.807, 2.05) is 60.7 Å². The lowest BCUT2D eigenvalue weighted by Gasteiger charge is -2.23. The topological polar surface area (TPSA) is 69.6 Å². The highest BCUT2D eigenvalue weighted by molar-refractivity contribution is 5.78. The lowest BCUT2D eigenvalue weighted by Crippen LogP contribution is -2.40. The summed E-state index contributed by atoms with van der Waals surface area (Å²) in [5, 5.41) is 12.1. The number of carbonyl (C=O) groups is 2. The molecule has 1 amide bonds. The number of benzene rings is 2. The molecule has 0 aliphatic carbocycles. The number of rotatable bonds is 9. The molecule has 138 valence electrons. The lowest BCUT2D eigenvalue weighted by atomic mass is 9.99. The SMILES string of the molecule is CC(CN(C)CC(=O)NC(Cc1ccccc1)c1ccccc1)C(=O)O. The van der Waals surface area contributed by atoms with Crippen molar-refractivity contribution in [3.05, 3.63) is 71.8 Å². The van der Waals surface area contributed by atoms with Crippen molar-refractivity contribution in [3.8, 4) is 0 Å². The molecule has 0 saturated heterocycles.